The van der Waals surface area contributed by atoms with Crippen molar-refractivity contribution in [2.24, 2.45) is 0 Å². The Morgan fingerprint density at radius 2 is 2.04 bits per heavy atom. The Bertz CT molecular complexity index is 847. The van der Waals surface area contributed by atoms with E-state index < -0.39 is 0 Å². The second kappa shape index (κ2) is 6.50. The average molecular weight is 329 g/mol. The summed E-state index contributed by atoms with van der Waals surface area (Å²) in [5.74, 6) is 0.905. The number of rotatable bonds is 4. The number of carbonyl (C=O) groups excluding carboxylic acids is 1. The maximum absolute atomic E-state index is 12.3. The maximum Gasteiger partial charge on any atom is 0.274 e. The molecule has 23 heavy (non-hydrogen) atoms. The van der Waals surface area contributed by atoms with Crippen LogP contribution in [0.1, 0.15) is 16.2 Å². The molecule has 1 amide bonds. The lowest BCUT2D eigenvalue weighted by Gasteiger charge is -2.08. The summed E-state index contributed by atoms with van der Waals surface area (Å²) >= 11 is 6.03. The zero-order valence-electron chi connectivity index (χ0n) is 12.2. The molecule has 0 atom stereocenters. The molecule has 1 aromatic carbocycles. The van der Waals surface area contributed by atoms with Crippen LogP contribution in [0.5, 0.6) is 0 Å². The molecule has 0 aliphatic heterocycles. The number of hydrogen-bond acceptors (Lipinski definition) is 5. The molecule has 0 aliphatic rings. The fraction of sp³-hybridized carbons (Fsp3) is 0.0625. The van der Waals surface area contributed by atoms with Crippen molar-refractivity contribution >= 4 is 34.7 Å². The second-order valence-electron chi connectivity index (χ2n) is 4.81. The van der Waals surface area contributed by atoms with Crippen LogP contribution in [-0.4, -0.2) is 16.0 Å². The number of hydrogen-bond donors (Lipinski definition) is 2. The quantitative estimate of drug-likeness (QED) is 0.756. The van der Waals surface area contributed by atoms with Crippen molar-refractivity contribution in [3.63, 3.8) is 0 Å². The molecule has 0 aliphatic carbocycles. The lowest BCUT2D eigenvalue weighted by Crippen LogP contribution is -2.14. The van der Waals surface area contributed by atoms with Gasteiger partial charge in [0.1, 0.15) is 11.5 Å². The van der Waals surface area contributed by atoms with E-state index in [2.05, 4.69) is 20.8 Å². The first-order chi connectivity index (χ1) is 11.1. The number of aryl methyl sites for hydroxylation is 1. The predicted molar refractivity (Wildman–Crippen MR) is 88.2 cm³/mol. The van der Waals surface area contributed by atoms with Gasteiger partial charge in [-0.05, 0) is 31.2 Å². The van der Waals surface area contributed by atoms with E-state index in [1.807, 2.05) is 0 Å². The Balaban J connectivity index is 1.76. The van der Waals surface area contributed by atoms with E-state index in [-0.39, 0.29) is 11.6 Å². The lowest BCUT2D eigenvalue weighted by atomic mass is 10.2. The Morgan fingerprint density at radius 1 is 1.22 bits per heavy atom. The summed E-state index contributed by atoms with van der Waals surface area (Å²) in [5, 5.41) is 10.1. The molecule has 0 saturated carbocycles. The van der Waals surface area contributed by atoms with Gasteiger partial charge in [0.2, 0.25) is 0 Å². The SMILES string of the molecule is Cc1cc(Nc2ccnc(C(=O)Nc3ccccc3Cl)c2)no1. The number of pyridine rings is 1. The first kappa shape index (κ1) is 15.1. The molecule has 116 valence electrons. The molecule has 2 N–H and O–H groups in total. The summed E-state index contributed by atoms with van der Waals surface area (Å²) in [6.45, 7) is 1.80. The predicted octanol–water partition coefficient (Wildman–Crippen LogP) is 4.03. The average Bonchev–Trinajstić information content (AvgIpc) is 2.95. The highest BCUT2D eigenvalue weighted by Gasteiger charge is 2.11. The van der Waals surface area contributed by atoms with Crippen LogP contribution in [0.3, 0.4) is 0 Å². The summed E-state index contributed by atoms with van der Waals surface area (Å²) in [7, 11) is 0. The van der Waals surface area contributed by atoms with Gasteiger partial charge < -0.3 is 15.2 Å². The number of amides is 1. The van der Waals surface area contributed by atoms with Gasteiger partial charge in [0.05, 0.1) is 10.7 Å². The van der Waals surface area contributed by atoms with Crippen LogP contribution in [0, 0.1) is 6.92 Å². The molecule has 0 spiro atoms. The van der Waals surface area contributed by atoms with Gasteiger partial charge in [-0.2, -0.15) is 0 Å². The molecule has 0 bridgehead atoms. The van der Waals surface area contributed by atoms with Gasteiger partial charge in [0, 0.05) is 18.0 Å². The monoisotopic (exact) mass is 328 g/mol. The Labute approximate surface area is 137 Å². The molecular weight excluding hydrogens is 316 g/mol. The highest BCUT2D eigenvalue weighted by molar-refractivity contribution is 6.33. The third kappa shape index (κ3) is 3.67. The zero-order chi connectivity index (χ0) is 16.2. The number of nitrogens with zero attached hydrogens (tertiary/aromatic N) is 2. The molecule has 0 fully saturated rings. The largest absolute Gasteiger partial charge is 0.360 e. The van der Waals surface area contributed by atoms with Gasteiger partial charge in [0.15, 0.2) is 5.82 Å². The molecule has 2 aromatic heterocycles. The Morgan fingerprint density at radius 3 is 2.78 bits per heavy atom. The number of carbonyl (C=O) groups is 1. The summed E-state index contributed by atoms with van der Waals surface area (Å²) in [5.41, 5.74) is 1.47. The summed E-state index contributed by atoms with van der Waals surface area (Å²) in [6, 6.07) is 12.1. The standard InChI is InChI=1S/C16H13ClN4O2/c1-10-8-15(21-23-10)19-11-6-7-18-14(9-11)16(22)20-13-5-3-2-4-12(13)17/h2-9H,1H3,(H,20,22)(H,18,19,21). The van der Waals surface area contributed by atoms with E-state index in [1.54, 1.807) is 49.4 Å². The van der Waals surface area contributed by atoms with Crippen molar-refractivity contribution in [3.8, 4) is 0 Å². The van der Waals surface area contributed by atoms with Gasteiger partial charge in [0.25, 0.3) is 5.91 Å². The van der Waals surface area contributed by atoms with Crippen LogP contribution in [0.4, 0.5) is 17.2 Å². The van der Waals surface area contributed by atoms with E-state index in [4.69, 9.17) is 16.1 Å². The van der Waals surface area contributed by atoms with Gasteiger partial charge in [-0.25, -0.2) is 0 Å². The molecule has 7 heteroatoms. The minimum absolute atomic E-state index is 0.259. The second-order valence-corrected chi connectivity index (χ2v) is 5.22. The number of anilines is 3. The first-order valence-electron chi connectivity index (χ1n) is 6.84. The van der Waals surface area contributed by atoms with Crippen LogP contribution >= 0.6 is 11.6 Å². The minimum Gasteiger partial charge on any atom is -0.360 e. The molecule has 2 heterocycles. The third-order valence-corrected chi connectivity index (χ3v) is 3.34. The maximum atomic E-state index is 12.3. The molecule has 0 saturated heterocycles. The van der Waals surface area contributed by atoms with E-state index in [0.717, 1.165) is 0 Å². The number of benzene rings is 1. The lowest BCUT2D eigenvalue weighted by molar-refractivity contribution is 0.102. The highest BCUT2D eigenvalue weighted by Crippen LogP contribution is 2.22. The zero-order valence-corrected chi connectivity index (χ0v) is 13.0. The summed E-state index contributed by atoms with van der Waals surface area (Å²) in [6.07, 6.45) is 1.54. The van der Waals surface area contributed by atoms with E-state index in [1.165, 1.54) is 6.20 Å². The smallest absolute Gasteiger partial charge is 0.274 e. The molecule has 6 nitrogen and oxygen atoms in total. The molecule has 0 radical (unpaired) electrons. The van der Waals surface area contributed by atoms with Crippen molar-refractivity contribution in [2.45, 2.75) is 6.92 Å². The van der Waals surface area contributed by atoms with Crippen LogP contribution in [0.15, 0.2) is 53.2 Å². The van der Waals surface area contributed by atoms with Crippen molar-refractivity contribution in [2.75, 3.05) is 10.6 Å². The third-order valence-electron chi connectivity index (χ3n) is 3.02. The van der Waals surface area contributed by atoms with Crippen molar-refractivity contribution in [1.82, 2.24) is 10.1 Å². The Hall–Kier alpha value is -2.86. The molecule has 3 aromatic rings. The first-order valence-corrected chi connectivity index (χ1v) is 7.22. The van der Waals surface area contributed by atoms with Crippen molar-refractivity contribution in [3.05, 3.63) is 65.1 Å². The summed E-state index contributed by atoms with van der Waals surface area (Å²) < 4.78 is 4.98. The topological polar surface area (TPSA) is 80.0 Å². The highest BCUT2D eigenvalue weighted by atomic mass is 35.5. The van der Waals surface area contributed by atoms with Crippen LogP contribution in [0.25, 0.3) is 0 Å². The van der Waals surface area contributed by atoms with E-state index in [0.29, 0.717) is 28.0 Å². The Kier molecular flexibility index (Phi) is 4.25. The van der Waals surface area contributed by atoms with Crippen LogP contribution < -0.4 is 10.6 Å². The fourth-order valence-electron chi connectivity index (χ4n) is 1.95. The normalized spacial score (nSPS) is 10.3. The van der Waals surface area contributed by atoms with Crippen molar-refractivity contribution in [1.29, 1.82) is 0 Å². The number of halogens is 1. The van der Waals surface area contributed by atoms with Gasteiger partial charge in [-0.1, -0.05) is 28.9 Å². The van der Waals surface area contributed by atoms with Gasteiger partial charge >= 0.3 is 0 Å². The van der Waals surface area contributed by atoms with Crippen LogP contribution in [-0.2, 0) is 0 Å². The van der Waals surface area contributed by atoms with Gasteiger partial charge in [-0.3, -0.25) is 9.78 Å². The van der Waals surface area contributed by atoms with Crippen molar-refractivity contribution < 1.29 is 9.32 Å². The molecule has 3 rings (SSSR count). The van der Waals surface area contributed by atoms with E-state index in [9.17, 15) is 4.79 Å². The summed E-state index contributed by atoms with van der Waals surface area (Å²) in [4.78, 5) is 16.4. The van der Waals surface area contributed by atoms with Gasteiger partial charge in [-0.15, -0.1) is 0 Å². The molecular formula is C16H13ClN4O2. The number of nitrogens with one attached hydrogen (secondary N) is 2. The number of para-hydroxylation sites is 1. The fourth-order valence-corrected chi connectivity index (χ4v) is 2.14. The molecule has 0 unspecified atom stereocenters. The van der Waals surface area contributed by atoms with E-state index >= 15 is 0 Å². The van der Waals surface area contributed by atoms with Crippen LogP contribution in [0.2, 0.25) is 5.02 Å². The number of aromatic nitrogens is 2. The minimum atomic E-state index is -0.349.